The number of nitrogens with zero attached hydrogens (tertiary/aromatic N) is 1. The lowest BCUT2D eigenvalue weighted by molar-refractivity contribution is 0.377. The first-order valence-corrected chi connectivity index (χ1v) is 6.21. The molecule has 1 aromatic rings. The Morgan fingerprint density at radius 3 is 2.79 bits per heavy atom. The van der Waals surface area contributed by atoms with E-state index in [4.69, 9.17) is 0 Å². The van der Waals surface area contributed by atoms with Crippen LogP contribution in [0.25, 0.3) is 0 Å². The molecule has 0 radical (unpaired) electrons. The van der Waals surface area contributed by atoms with Crippen molar-refractivity contribution in [1.29, 1.82) is 5.26 Å². The van der Waals surface area contributed by atoms with E-state index in [2.05, 4.69) is 22.9 Å². The smallest absolute Gasteiger partial charge is 0.0689 e. The third kappa shape index (κ3) is 1.99. The summed E-state index contributed by atoms with van der Waals surface area (Å²) in [4.78, 5) is 0. The molecule has 1 aliphatic rings. The number of hydrogen-bond donors (Lipinski definition) is 0. The van der Waals surface area contributed by atoms with E-state index in [0.29, 0.717) is 0 Å². The van der Waals surface area contributed by atoms with Crippen LogP contribution in [-0.2, 0) is 6.42 Å². The van der Waals surface area contributed by atoms with Crippen LogP contribution in [0.15, 0.2) is 16.8 Å². The van der Waals surface area contributed by atoms with Gasteiger partial charge in [0.05, 0.1) is 11.5 Å². The van der Waals surface area contributed by atoms with E-state index >= 15 is 0 Å². The number of rotatable bonds is 3. The number of aryl methyl sites for hydroxylation is 1. The standard InChI is InChI=1S/C12H15NS/c13-10-12(5-1-2-6-12)7-3-11-4-8-14-9-11/h4,8-9H,1-3,5-7H2. The molecule has 0 bridgehead atoms. The monoisotopic (exact) mass is 205 g/mol. The van der Waals surface area contributed by atoms with Gasteiger partial charge >= 0.3 is 0 Å². The van der Waals surface area contributed by atoms with Crippen LogP contribution < -0.4 is 0 Å². The fourth-order valence-corrected chi connectivity index (χ4v) is 2.99. The highest BCUT2D eigenvalue weighted by Gasteiger charge is 2.33. The average Bonchev–Trinajstić information content (AvgIpc) is 2.87. The van der Waals surface area contributed by atoms with Gasteiger partial charge in [-0.15, -0.1) is 0 Å². The van der Waals surface area contributed by atoms with Gasteiger partial charge in [-0.05, 0) is 48.1 Å². The van der Waals surface area contributed by atoms with Gasteiger partial charge in [-0.2, -0.15) is 16.6 Å². The maximum absolute atomic E-state index is 9.20. The fraction of sp³-hybridized carbons (Fsp3) is 0.583. The second-order valence-electron chi connectivity index (χ2n) is 4.23. The van der Waals surface area contributed by atoms with Crippen molar-refractivity contribution in [3.05, 3.63) is 22.4 Å². The van der Waals surface area contributed by atoms with E-state index in [-0.39, 0.29) is 5.41 Å². The summed E-state index contributed by atoms with van der Waals surface area (Å²) in [6, 6.07) is 4.71. The van der Waals surface area contributed by atoms with Gasteiger partial charge in [0, 0.05) is 0 Å². The third-order valence-corrected chi connectivity index (χ3v) is 4.00. The van der Waals surface area contributed by atoms with Crippen LogP contribution >= 0.6 is 11.3 Å². The van der Waals surface area contributed by atoms with Gasteiger partial charge in [0.1, 0.15) is 0 Å². The summed E-state index contributed by atoms with van der Waals surface area (Å²) in [5.41, 5.74) is 1.42. The molecular formula is C12H15NS. The Morgan fingerprint density at radius 2 is 2.21 bits per heavy atom. The summed E-state index contributed by atoms with van der Waals surface area (Å²) >= 11 is 1.75. The largest absolute Gasteiger partial charge is 0.198 e. The van der Waals surface area contributed by atoms with E-state index in [1.54, 1.807) is 11.3 Å². The summed E-state index contributed by atoms with van der Waals surface area (Å²) in [5, 5.41) is 13.5. The van der Waals surface area contributed by atoms with Crippen LogP contribution in [-0.4, -0.2) is 0 Å². The Morgan fingerprint density at radius 1 is 1.43 bits per heavy atom. The number of hydrogen-bond acceptors (Lipinski definition) is 2. The molecule has 0 unspecified atom stereocenters. The highest BCUT2D eigenvalue weighted by molar-refractivity contribution is 7.07. The lowest BCUT2D eigenvalue weighted by Gasteiger charge is -2.19. The highest BCUT2D eigenvalue weighted by atomic mass is 32.1. The van der Waals surface area contributed by atoms with Crippen molar-refractivity contribution in [2.24, 2.45) is 5.41 Å². The van der Waals surface area contributed by atoms with E-state index in [9.17, 15) is 5.26 Å². The van der Waals surface area contributed by atoms with Crippen LogP contribution in [0.5, 0.6) is 0 Å². The Hall–Kier alpha value is -0.810. The third-order valence-electron chi connectivity index (χ3n) is 3.27. The molecule has 0 saturated heterocycles. The van der Waals surface area contributed by atoms with Crippen molar-refractivity contribution >= 4 is 11.3 Å². The quantitative estimate of drug-likeness (QED) is 0.737. The topological polar surface area (TPSA) is 23.8 Å². The summed E-state index contributed by atoms with van der Waals surface area (Å²) in [6.45, 7) is 0. The minimum atomic E-state index is 0.0158. The van der Waals surface area contributed by atoms with Gasteiger partial charge in [-0.1, -0.05) is 12.8 Å². The minimum absolute atomic E-state index is 0.0158. The SMILES string of the molecule is N#CC1(CCc2ccsc2)CCCC1. The highest BCUT2D eigenvalue weighted by Crippen LogP contribution is 2.41. The Bertz CT molecular complexity index is 315. The van der Waals surface area contributed by atoms with Crippen LogP contribution in [0, 0.1) is 16.7 Å². The molecule has 1 nitrogen and oxygen atoms in total. The first kappa shape index (κ1) is 9.73. The maximum atomic E-state index is 9.20. The van der Waals surface area contributed by atoms with Crippen molar-refractivity contribution in [2.45, 2.75) is 38.5 Å². The van der Waals surface area contributed by atoms with Crippen LogP contribution in [0.2, 0.25) is 0 Å². The average molecular weight is 205 g/mol. The van der Waals surface area contributed by atoms with E-state index in [1.807, 2.05) is 0 Å². The zero-order valence-corrected chi connectivity index (χ0v) is 9.15. The van der Waals surface area contributed by atoms with Crippen LogP contribution in [0.4, 0.5) is 0 Å². The lowest BCUT2D eigenvalue weighted by atomic mass is 9.82. The molecule has 14 heavy (non-hydrogen) atoms. The maximum Gasteiger partial charge on any atom is 0.0689 e. The Labute approximate surface area is 89.4 Å². The zero-order chi connectivity index (χ0) is 9.86. The van der Waals surface area contributed by atoms with E-state index in [0.717, 1.165) is 25.7 Å². The molecule has 0 atom stereocenters. The molecule has 2 heteroatoms. The van der Waals surface area contributed by atoms with Gasteiger partial charge in [0.15, 0.2) is 0 Å². The predicted molar refractivity (Wildman–Crippen MR) is 59.2 cm³/mol. The van der Waals surface area contributed by atoms with Crippen molar-refractivity contribution < 1.29 is 0 Å². The predicted octanol–water partition coefficient (Wildman–Crippen LogP) is 3.76. The fourth-order valence-electron chi connectivity index (χ4n) is 2.29. The van der Waals surface area contributed by atoms with Gasteiger partial charge in [-0.3, -0.25) is 0 Å². The molecule has 1 aromatic heterocycles. The van der Waals surface area contributed by atoms with E-state index in [1.165, 1.54) is 18.4 Å². The Kier molecular flexibility index (Phi) is 2.88. The molecule has 2 rings (SSSR count). The normalized spacial score (nSPS) is 19.4. The van der Waals surface area contributed by atoms with Crippen molar-refractivity contribution in [3.8, 4) is 6.07 Å². The molecule has 74 valence electrons. The molecule has 0 aliphatic heterocycles. The summed E-state index contributed by atoms with van der Waals surface area (Å²) in [5.74, 6) is 0. The molecule has 1 fully saturated rings. The van der Waals surface area contributed by atoms with Crippen molar-refractivity contribution in [2.75, 3.05) is 0 Å². The second kappa shape index (κ2) is 4.14. The second-order valence-corrected chi connectivity index (χ2v) is 5.01. The van der Waals surface area contributed by atoms with E-state index < -0.39 is 0 Å². The van der Waals surface area contributed by atoms with Crippen LogP contribution in [0.1, 0.15) is 37.7 Å². The molecular weight excluding hydrogens is 190 g/mol. The first-order chi connectivity index (χ1) is 6.85. The number of nitriles is 1. The zero-order valence-electron chi connectivity index (χ0n) is 8.33. The van der Waals surface area contributed by atoms with Crippen LogP contribution in [0.3, 0.4) is 0 Å². The molecule has 0 amide bonds. The minimum Gasteiger partial charge on any atom is -0.198 e. The Balaban J connectivity index is 1.93. The van der Waals surface area contributed by atoms with Gasteiger partial charge in [0.25, 0.3) is 0 Å². The van der Waals surface area contributed by atoms with Crippen molar-refractivity contribution in [1.82, 2.24) is 0 Å². The molecule has 1 heterocycles. The molecule has 1 aliphatic carbocycles. The van der Waals surface area contributed by atoms with Gasteiger partial charge in [-0.25, -0.2) is 0 Å². The summed E-state index contributed by atoms with van der Waals surface area (Å²) < 4.78 is 0. The van der Waals surface area contributed by atoms with Gasteiger partial charge in [0.2, 0.25) is 0 Å². The molecule has 0 N–H and O–H groups in total. The number of thiophene rings is 1. The lowest BCUT2D eigenvalue weighted by Crippen LogP contribution is -2.14. The molecule has 0 spiro atoms. The molecule has 0 aromatic carbocycles. The van der Waals surface area contributed by atoms with Gasteiger partial charge < -0.3 is 0 Å². The summed E-state index contributed by atoms with van der Waals surface area (Å²) in [6.07, 6.45) is 6.87. The summed E-state index contributed by atoms with van der Waals surface area (Å²) in [7, 11) is 0. The van der Waals surface area contributed by atoms with Crippen molar-refractivity contribution in [3.63, 3.8) is 0 Å². The first-order valence-electron chi connectivity index (χ1n) is 5.27. The molecule has 1 saturated carbocycles.